The number of rotatable bonds is 6. The van der Waals surface area contributed by atoms with Crippen LogP contribution in [0.25, 0.3) is 0 Å². The lowest BCUT2D eigenvalue weighted by Gasteiger charge is -2.32. The van der Waals surface area contributed by atoms with Crippen LogP contribution in [-0.4, -0.2) is 43.9 Å². The average Bonchev–Trinajstić information content (AvgIpc) is 2.88. The van der Waals surface area contributed by atoms with E-state index in [1.54, 1.807) is 30.3 Å². The van der Waals surface area contributed by atoms with Gasteiger partial charge in [0, 0.05) is 31.3 Å². The molecule has 184 valence electrons. The first kappa shape index (κ1) is 24.9. The van der Waals surface area contributed by atoms with Gasteiger partial charge in [-0.3, -0.25) is 4.79 Å². The molecular weight excluding hydrogens is 457 g/mol. The number of halogens is 3. The first-order valence-corrected chi connectivity index (χ1v) is 11.4. The SMILES string of the molecule is CNC(=O)c1ccccc1C(O)(c1ccc(CC2CNCCO2)cc1)c1cccc(C(F)(F)F)c1. The second-order valence-corrected chi connectivity index (χ2v) is 8.51. The Morgan fingerprint density at radius 2 is 1.74 bits per heavy atom. The maximum absolute atomic E-state index is 13.5. The summed E-state index contributed by atoms with van der Waals surface area (Å²) in [5.74, 6) is -0.454. The summed E-state index contributed by atoms with van der Waals surface area (Å²) in [6.07, 6.45) is -3.91. The molecule has 1 saturated heterocycles. The van der Waals surface area contributed by atoms with Gasteiger partial charge in [-0.2, -0.15) is 13.2 Å². The lowest BCUT2D eigenvalue weighted by Crippen LogP contribution is -2.39. The lowest BCUT2D eigenvalue weighted by molar-refractivity contribution is -0.137. The minimum atomic E-state index is -4.59. The zero-order valence-corrected chi connectivity index (χ0v) is 19.2. The number of nitrogens with one attached hydrogen (secondary N) is 2. The molecule has 3 N–H and O–H groups in total. The van der Waals surface area contributed by atoms with Crippen molar-refractivity contribution in [1.82, 2.24) is 10.6 Å². The number of benzene rings is 3. The van der Waals surface area contributed by atoms with Gasteiger partial charge in [0.2, 0.25) is 0 Å². The highest BCUT2D eigenvalue weighted by Crippen LogP contribution is 2.40. The maximum atomic E-state index is 13.5. The van der Waals surface area contributed by atoms with Gasteiger partial charge in [-0.25, -0.2) is 0 Å². The zero-order valence-electron chi connectivity index (χ0n) is 19.2. The van der Waals surface area contributed by atoms with E-state index in [0.717, 1.165) is 30.8 Å². The molecule has 35 heavy (non-hydrogen) atoms. The Morgan fingerprint density at radius 1 is 1.03 bits per heavy atom. The molecular formula is C27H27F3N2O3. The molecule has 5 nitrogen and oxygen atoms in total. The molecule has 1 aliphatic heterocycles. The Morgan fingerprint density at radius 3 is 2.40 bits per heavy atom. The van der Waals surface area contributed by atoms with Gasteiger partial charge in [-0.15, -0.1) is 0 Å². The summed E-state index contributed by atoms with van der Waals surface area (Å²) in [6, 6.07) is 18.0. The van der Waals surface area contributed by atoms with Crippen LogP contribution in [0, 0.1) is 0 Å². The summed E-state index contributed by atoms with van der Waals surface area (Å²) in [5.41, 5.74) is -1.22. The van der Waals surface area contributed by atoms with Crippen LogP contribution in [0.4, 0.5) is 13.2 Å². The third-order valence-electron chi connectivity index (χ3n) is 6.24. The molecule has 1 heterocycles. The molecule has 3 aromatic carbocycles. The van der Waals surface area contributed by atoms with Crippen molar-refractivity contribution < 1.29 is 27.8 Å². The van der Waals surface area contributed by atoms with Crippen LogP contribution in [0.5, 0.6) is 0 Å². The largest absolute Gasteiger partial charge is 0.416 e. The van der Waals surface area contributed by atoms with Crippen LogP contribution in [0.15, 0.2) is 72.8 Å². The molecule has 2 atom stereocenters. The van der Waals surface area contributed by atoms with Crippen molar-refractivity contribution in [1.29, 1.82) is 0 Å². The Bertz CT molecular complexity index is 1170. The van der Waals surface area contributed by atoms with E-state index in [1.807, 2.05) is 12.1 Å². The summed E-state index contributed by atoms with van der Waals surface area (Å²) < 4.78 is 46.4. The summed E-state index contributed by atoms with van der Waals surface area (Å²) in [6.45, 7) is 2.17. The Kier molecular flexibility index (Phi) is 7.25. The van der Waals surface area contributed by atoms with Gasteiger partial charge in [0.1, 0.15) is 5.60 Å². The second-order valence-electron chi connectivity index (χ2n) is 8.51. The number of hydrogen-bond acceptors (Lipinski definition) is 4. The molecule has 0 radical (unpaired) electrons. The van der Waals surface area contributed by atoms with E-state index < -0.39 is 23.2 Å². The fourth-order valence-electron chi connectivity index (χ4n) is 4.43. The highest BCUT2D eigenvalue weighted by atomic mass is 19.4. The number of hydrogen-bond donors (Lipinski definition) is 3. The van der Waals surface area contributed by atoms with Crippen molar-refractivity contribution in [3.05, 3.63) is 106 Å². The molecule has 1 aliphatic rings. The molecule has 0 aliphatic carbocycles. The standard InChI is InChI=1S/C27H27F3N2O3/c1-31-25(33)23-7-2-3-8-24(23)26(34,20-5-4-6-21(16-20)27(28,29)30)19-11-9-18(10-12-19)15-22-17-32-13-14-35-22/h2-12,16,22,32,34H,13-15,17H2,1H3,(H,31,33). The molecule has 1 fully saturated rings. The van der Waals surface area contributed by atoms with Gasteiger partial charge in [0.05, 0.1) is 18.3 Å². The minimum Gasteiger partial charge on any atom is -0.376 e. The van der Waals surface area contributed by atoms with Gasteiger partial charge in [-0.05, 0) is 41.3 Å². The Labute approximate surface area is 201 Å². The number of morpholine rings is 1. The molecule has 8 heteroatoms. The number of carbonyl (C=O) groups is 1. The van der Waals surface area contributed by atoms with Crippen LogP contribution in [0.1, 0.15) is 38.2 Å². The van der Waals surface area contributed by atoms with Crippen LogP contribution in [0.2, 0.25) is 0 Å². The average molecular weight is 485 g/mol. The molecule has 0 bridgehead atoms. The smallest absolute Gasteiger partial charge is 0.376 e. The summed E-state index contributed by atoms with van der Waals surface area (Å²) in [5, 5.41) is 18.0. The first-order chi connectivity index (χ1) is 16.7. The predicted octanol–water partition coefficient (Wildman–Crippen LogP) is 3.88. The summed E-state index contributed by atoms with van der Waals surface area (Å²) in [7, 11) is 1.46. The van der Waals surface area contributed by atoms with Gasteiger partial charge >= 0.3 is 6.18 Å². The number of amides is 1. The fourth-order valence-corrected chi connectivity index (χ4v) is 4.43. The third kappa shape index (κ3) is 5.24. The maximum Gasteiger partial charge on any atom is 0.416 e. The zero-order chi connectivity index (χ0) is 25.1. The minimum absolute atomic E-state index is 0.0104. The molecule has 0 spiro atoms. The highest BCUT2D eigenvalue weighted by molar-refractivity contribution is 5.96. The Hall–Kier alpha value is -3.20. The quantitative estimate of drug-likeness (QED) is 0.465. The number of alkyl halides is 3. The van der Waals surface area contributed by atoms with Crippen LogP contribution in [-0.2, 0) is 22.9 Å². The normalized spacial score (nSPS) is 18.0. The molecule has 1 amide bonds. The van der Waals surface area contributed by atoms with E-state index in [9.17, 15) is 23.1 Å². The van der Waals surface area contributed by atoms with Crippen LogP contribution < -0.4 is 10.6 Å². The molecule has 4 rings (SSSR count). The highest BCUT2D eigenvalue weighted by Gasteiger charge is 2.39. The summed E-state index contributed by atoms with van der Waals surface area (Å²) >= 11 is 0. The van der Waals surface area contributed by atoms with E-state index in [4.69, 9.17) is 4.74 Å². The van der Waals surface area contributed by atoms with Gasteiger partial charge in [0.25, 0.3) is 5.91 Å². The third-order valence-corrected chi connectivity index (χ3v) is 6.24. The number of aliphatic hydroxyl groups is 1. The van der Waals surface area contributed by atoms with E-state index in [1.165, 1.54) is 25.2 Å². The van der Waals surface area contributed by atoms with Crippen LogP contribution >= 0.6 is 0 Å². The summed E-state index contributed by atoms with van der Waals surface area (Å²) in [4.78, 5) is 12.6. The second kappa shape index (κ2) is 10.2. The molecule has 2 unspecified atom stereocenters. The predicted molar refractivity (Wildman–Crippen MR) is 126 cm³/mol. The molecule has 3 aromatic rings. The fraction of sp³-hybridized carbons (Fsp3) is 0.296. The molecule has 0 saturated carbocycles. The van der Waals surface area contributed by atoms with Gasteiger partial charge < -0.3 is 20.5 Å². The van der Waals surface area contributed by atoms with Crippen molar-refractivity contribution in [2.45, 2.75) is 24.3 Å². The van der Waals surface area contributed by atoms with Crippen molar-refractivity contribution >= 4 is 5.91 Å². The van der Waals surface area contributed by atoms with E-state index in [0.29, 0.717) is 18.6 Å². The first-order valence-electron chi connectivity index (χ1n) is 11.4. The van der Waals surface area contributed by atoms with Crippen molar-refractivity contribution in [2.75, 3.05) is 26.7 Å². The molecule has 0 aromatic heterocycles. The van der Waals surface area contributed by atoms with Crippen molar-refractivity contribution in [2.24, 2.45) is 0 Å². The number of ether oxygens (including phenoxy) is 1. The van der Waals surface area contributed by atoms with Gasteiger partial charge in [-0.1, -0.05) is 54.6 Å². The van der Waals surface area contributed by atoms with Crippen molar-refractivity contribution in [3.8, 4) is 0 Å². The van der Waals surface area contributed by atoms with E-state index in [2.05, 4.69) is 10.6 Å². The monoisotopic (exact) mass is 484 g/mol. The van der Waals surface area contributed by atoms with Crippen LogP contribution in [0.3, 0.4) is 0 Å². The van der Waals surface area contributed by atoms with Crippen molar-refractivity contribution in [3.63, 3.8) is 0 Å². The van der Waals surface area contributed by atoms with E-state index in [-0.39, 0.29) is 22.8 Å². The van der Waals surface area contributed by atoms with Gasteiger partial charge in [0.15, 0.2) is 0 Å². The Balaban J connectivity index is 1.83. The topological polar surface area (TPSA) is 70.6 Å². The van der Waals surface area contributed by atoms with E-state index >= 15 is 0 Å². The lowest BCUT2D eigenvalue weighted by atomic mass is 9.77. The number of carbonyl (C=O) groups excluding carboxylic acids is 1.